The van der Waals surface area contributed by atoms with Gasteiger partial charge in [0, 0.05) is 6.54 Å². The van der Waals surface area contributed by atoms with Crippen LogP contribution in [0.5, 0.6) is 0 Å². The molecule has 27 heavy (non-hydrogen) atoms. The van der Waals surface area contributed by atoms with Crippen LogP contribution in [0.1, 0.15) is 55.2 Å². The zero-order valence-corrected chi connectivity index (χ0v) is 16.3. The Kier molecular flexibility index (Phi) is 7.40. The maximum atomic E-state index is 13.4. The van der Waals surface area contributed by atoms with Crippen molar-refractivity contribution in [3.05, 3.63) is 71.3 Å². The summed E-state index contributed by atoms with van der Waals surface area (Å²) in [6.07, 6.45) is 1.39. The normalized spacial score (nSPS) is 22.4. The van der Waals surface area contributed by atoms with Gasteiger partial charge in [0.25, 0.3) is 0 Å². The zero-order valence-electron chi connectivity index (χ0n) is 16.3. The van der Waals surface area contributed by atoms with Crippen molar-refractivity contribution in [1.29, 1.82) is 0 Å². The number of rotatable bonds is 9. The molecule has 0 aromatic heterocycles. The molecule has 1 aliphatic rings. The number of halogens is 2. The molecule has 0 heterocycles. The van der Waals surface area contributed by atoms with Crippen LogP contribution in [-0.4, -0.2) is 30.3 Å². The Bertz CT molecular complexity index is 661. The summed E-state index contributed by atoms with van der Waals surface area (Å²) in [5.41, 5.74) is 3.75. The summed E-state index contributed by atoms with van der Waals surface area (Å²) in [5, 5.41) is 0. The van der Waals surface area contributed by atoms with E-state index in [0.717, 1.165) is 44.5 Å². The van der Waals surface area contributed by atoms with Crippen molar-refractivity contribution in [3.8, 4) is 0 Å². The zero-order chi connectivity index (χ0) is 19.1. The van der Waals surface area contributed by atoms with Crippen molar-refractivity contribution in [1.82, 2.24) is 4.90 Å². The van der Waals surface area contributed by atoms with Crippen LogP contribution < -0.4 is 0 Å². The monoisotopic (exact) mass is 371 g/mol. The van der Waals surface area contributed by atoms with E-state index in [1.807, 2.05) is 0 Å². The molecule has 146 valence electrons. The predicted octanol–water partition coefficient (Wildman–Crippen LogP) is 6.09. The van der Waals surface area contributed by atoms with Gasteiger partial charge in [-0.25, -0.2) is 8.78 Å². The first-order valence-corrected chi connectivity index (χ1v) is 10.3. The summed E-state index contributed by atoms with van der Waals surface area (Å²) < 4.78 is 26.8. The molecular weight excluding hydrogens is 340 g/mol. The SMILES string of the molecule is CCCN(CCCc1ccc(C2CC(F)C(F)C2)cc1)Cc1ccccc1. The maximum Gasteiger partial charge on any atom is 0.132 e. The molecule has 0 N–H and O–H groups in total. The minimum absolute atomic E-state index is 0.0370. The molecular formula is C24H31F2N. The second-order valence-corrected chi connectivity index (χ2v) is 7.81. The Labute approximate surface area is 162 Å². The summed E-state index contributed by atoms with van der Waals surface area (Å²) in [4.78, 5) is 2.52. The van der Waals surface area contributed by atoms with Crippen molar-refractivity contribution in [2.75, 3.05) is 13.1 Å². The van der Waals surface area contributed by atoms with Gasteiger partial charge >= 0.3 is 0 Å². The highest BCUT2D eigenvalue weighted by Gasteiger charge is 2.35. The molecule has 1 aliphatic carbocycles. The average molecular weight is 372 g/mol. The second-order valence-electron chi connectivity index (χ2n) is 7.81. The molecule has 2 atom stereocenters. The van der Waals surface area contributed by atoms with E-state index in [9.17, 15) is 8.78 Å². The first-order valence-electron chi connectivity index (χ1n) is 10.3. The standard InChI is InChI=1S/C24H31F2N/c1-2-14-27(18-20-7-4-3-5-8-20)15-6-9-19-10-12-21(13-11-19)22-16-23(25)24(26)17-22/h3-5,7-8,10-13,22-24H,2,6,9,14-18H2,1H3. The lowest BCUT2D eigenvalue weighted by Gasteiger charge is -2.22. The van der Waals surface area contributed by atoms with Crippen molar-refractivity contribution >= 4 is 0 Å². The third-order valence-corrected chi connectivity index (χ3v) is 5.59. The third kappa shape index (κ3) is 5.87. The van der Waals surface area contributed by atoms with Gasteiger partial charge in [0.2, 0.25) is 0 Å². The summed E-state index contributed by atoms with van der Waals surface area (Å²) in [6, 6.07) is 19.0. The lowest BCUT2D eigenvalue weighted by atomic mass is 9.96. The minimum atomic E-state index is -1.29. The van der Waals surface area contributed by atoms with Gasteiger partial charge in [-0.05, 0) is 67.8 Å². The third-order valence-electron chi connectivity index (χ3n) is 5.59. The topological polar surface area (TPSA) is 3.24 Å². The molecule has 1 nitrogen and oxygen atoms in total. The number of hydrogen-bond donors (Lipinski definition) is 0. The van der Waals surface area contributed by atoms with Crippen LogP contribution in [-0.2, 0) is 13.0 Å². The molecule has 0 amide bonds. The average Bonchev–Trinajstić information content (AvgIpc) is 3.02. The Morgan fingerprint density at radius 1 is 0.852 bits per heavy atom. The van der Waals surface area contributed by atoms with Crippen LogP contribution in [0.2, 0.25) is 0 Å². The molecule has 1 fully saturated rings. The van der Waals surface area contributed by atoms with Crippen LogP contribution in [0.4, 0.5) is 8.78 Å². The fraction of sp³-hybridized carbons (Fsp3) is 0.500. The molecule has 3 heteroatoms. The van der Waals surface area contributed by atoms with E-state index in [-0.39, 0.29) is 5.92 Å². The number of benzene rings is 2. The van der Waals surface area contributed by atoms with Crippen molar-refractivity contribution < 1.29 is 8.78 Å². The first kappa shape index (κ1) is 20.0. The molecule has 2 aromatic rings. The van der Waals surface area contributed by atoms with E-state index < -0.39 is 12.3 Å². The maximum absolute atomic E-state index is 13.4. The second kappa shape index (κ2) is 9.98. The van der Waals surface area contributed by atoms with E-state index in [4.69, 9.17) is 0 Å². The molecule has 0 saturated heterocycles. The fourth-order valence-corrected chi connectivity index (χ4v) is 4.10. The van der Waals surface area contributed by atoms with Crippen molar-refractivity contribution in [3.63, 3.8) is 0 Å². The molecule has 2 unspecified atom stereocenters. The van der Waals surface area contributed by atoms with Gasteiger partial charge in [-0.15, -0.1) is 0 Å². The van der Waals surface area contributed by atoms with E-state index in [1.165, 1.54) is 11.1 Å². The van der Waals surface area contributed by atoms with Crippen LogP contribution in [0.3, 0.4) is 0 Å². The summed E-state index contributed by atoms with van der Waals surface area (Å²) in [7, 11) is 0. The highest BCUT2D eigenvalue weighted by molar-refractivity contribution is 5.27. The summed E-state index contributed by atoms with van der Waals surface area (Å²) >= 11 is 0. The Morgan fingerprint density at radius 2 is 1.52 bits per heavy atom. The number of nitrogens with zero attached hydrogens (tertiary/aromatic N) is 1. The van der Waals surface area contributed by atoms with E-state index in [1.54, 1.807) is 0 Å². The van der Waals surface area contributed by atoms with Crippen LogP contribution in [0, 0.1) is 0 Å². The van der Waals surface area contributed by atoms with Crippen molar-refractivity contribution in [2.45, 2.75) is 63.8 Å². The van der Waals surface area contributed by atoms with Crippen molar-refractivity contribution in [2.24, 2.45) is 0 Å². The fourth-order valence-electron chi connectivity index (χ4n) is 4.10. The Hall–Kier alpha value is -1.74. The number of alkyl halides is 2. The van der Waals surface area contributed by atoms with Crippen LogP contribution >= 0.6 is 0 Å². The summed E-state index contributed by atoms with van der Waals surface area (Å²) in [6.45, 7) is 5.43. The highest BCUT2D eigenvalue weighted by atomic mass is 19.2. The van der Waals surface area contributed by atoms with Gasteiger partial charge in [0.05, 0.1) is 0 Å². The van der Waals surface area contributed by atoms with Gasteiger partial charge < -0.3 is 0 Å². The molecule has 0 radical (unpaired) electrons. The summed E-state index contributed by atoms with van der Waals surface area (Å²) in [5.74, 6) is 0.0370. The van der Waals surface area contributed by atoms with Crippen LogP contribution in [0.25, 0.3) is 0 Å². The predicted molar refractivity (Wildman–Crippen MR) is 109 cm³/mol. The van der Waals surface area contributed by atoms with Gasteiger partial charge in [-0.1, -0.05) is 61.5 Å². The van der Waals surface area contributed by atoms with Gasteiger partial charge in [0.15, 0.2) is 0 Å². The lowest BCUT2D eigenvalue weighted by molar-refractivity contribution is 0.199. The smallest absolute Gasteiger partial charge is 0.132 e. The quantitative estimate of drug-likeness (QED) is 0.516. The molecule has 0 bridgehead atoms. The minimum Gasteiger partial charge on any atom is -0.299 e. The molecule has 0 aliphatic heterocycles. The van der Waals surface area contributed by atoms with Gasteiger partial charge in [0.1, 0.15) is 12.3 Å². The van der Waals surface area contributed by atoms with Gasteiger partial charge in [-0.3, -0.25) is 4.90 Å². The Morgan fingerprint density at radius 3 is 2.15 bits per heavy atom. The molecule has 3 rings (SSSR count). The number of aryl methyl sites for hydroxylation is 1. The Balaban J connectivity index is 1.47. The largest absolute Gasteiger partial charge is 0.299 e. The van der Waals surface area contributed by atoms with E-state index in [0.29, 0.717) is 12.8 Å². The number of hydrogen-bond acceptors (Lipinski definition) is 1. The first-order chi connectivity index (χ1) is 13.2. The lowest BCUT2D eigenvalue weighted by Crippen LogP contribution is -2.25. The highest BCUT2D eigenvalue weighted by Crippen LogP contribution is 2.38. The van der Waals surface area contributed by atoms with Gasteiger partial charge in [-0.2, -0.15) is 0 Å². The van der Waals surface area contributed by atoms with E-state index in [2.05, 4.69) is 66.4 Å². The molecule has 0 spiro atoms. The van der Waals surface area contributed by atoms with Crippen LogP contribution in [0.15, 0.2) is 54.6 Å². The van der Waals surface area contributed by atoms with E-state index >= 15 is 0 Å². The molecule has 1 saturated carbocycles. The molecule has 2 aromatic carbocycles.